The van der Waals surface area contributed by atoms with Gasteiger partial charge in [-0.25, -0.2) is 14.4 Å². The second kappa shape index (κ2) is 12.2. The number of carboxylic acid groups (broad SMARTS) is 1. The average molecular weight is 605 g/mol. The number of hydrogen-bond acceptors (Lipinski definition) is 5. The second-order valence-electron chi connectivity index (χ2n) is 11.0. The molecule has 0 unspecified atom stereocenters. The molecule has 10 nitrogen and oxygen atoms in total. The van der Waals surface area contributed by atoms with Gasteiger partial charge in [0.05, 0.1) is 36.4 Å². The Morgan fingerprint density at radius 3 is 2.27 bits per heavy atom. The third kappa shape index (κ3) is 5.58. The molecule has 1 N–H and O–H groups in total. The number of Topliss-reactive ketones (excluding diaryl/α,β-unsaturated/α-hetero) is 1. The molecule has 4 aromatic carbocycles. The van der Waals surface area contributed by atoms with Gasteiger partial charge in [0.1, 0.15) is 11.8 Å². The standard InChI is InChI=1S/C35H32N4O6/c1-23-9-7-11-25(19-23)38(26-12-8-13-27(21-26)45-2)34(43)36-17-18-37(31(22-36)33(41)42)35(44)39-29-15-5-3-10-24(29)20-32(40)28-14-4-6-16-30(28)39/h3-16,19,21,31H,17-18,20,22H2,1-2H3,(H,41,42)/t31-/m0/s1. The van der Waals surface area contributed by atoms with Crippen LogP contribution in [0.1, 0.15) is 21.5 Å². The van der Waals surface area contributed by atoms with Crippen LogP contribution in [0.15, 0.2) is 97.1 Å². The Morgan fingerprint density at radius 1 is 0.844 bits per heavy atom. The first kappa shape index (κ1) is 29.4. The van der Waals surface area contributed by atoms with Gasteiger partial charge in [-0.15, -0.1) is 0 Å². The summed E-state index contributed by atoms with van der Waals surface area (Å²) in [5.41, 5.74) is 4.08. The molecular weight excluding hydrogens is 572 g/mol. The minimum atomic E-state index is -1.34. The van der Waals surface area contributed by atoms with Crippen molar-refractivity contribution in [2.45, 2.75) is 19.4 Å². The maximum absolute atomic E-state index is 14.4. The van der Waals surface area contributed by atoms with E-state index in [1.807, 2.05) is 31.2 Å². The number of methoxy groups -OCH3 is 1. The van der Waals surface area contributed by atoms with E-state index in [4.69, 9.17) is 4.74 Å². The number of amides is 4. The topological polar surface area (TPSA) is 111 Å². The summed E-state index contributed by atoms with van der Waals surface area (Å²) in [5.74, 6) is -0.808. The van der Waals surface area contributed by atoms with Crippen LogP contribution < -0.4 is 14.5 Å². The Balaban J connectivity index is 1.34. The van der Waals surface area contributed by atoms with Gasteiger partial charge in [-0.2, -0.15) is 0 Å². The SMILES string of the molecule is COc1cccc(N(C(=O)N2CCN(C(=O)N3c4ccccc4CC(=O)c4ccccc43)[C@H](C(=O)O)C2)c2cccc(C)c2)c1. The van der Waals surface area contributed by atoms with Crippen LogP contribution in [0.25, 0.3) is 0 Å². The Kier molecular flexibility index (Phi) is 7.95. The summed E-state index contributed by atoms with van der Waals surface area (Å²) in [7, 11) is 1.54. The number of benzene rings is 4. The van der Waals surface area contributed by atoms with Crippen LogP contribution in [-0.4, -0.2) is 71.5 Å². The molecule has 45 heavy (non-hydrogen) atoms. The molecule has 2 aliphatic rings. The van der Waals surface area contributed by atoms with E-state index in [2.05, 4.69) is 0 Å². The number of piperazine rings is 1. The molecule has 0 saturated carbocycles. The van der Waals surface area contributed by atoms with Gasteiger partial charge in [-0.3, -0.25) is 14.6 Å². The van der Waals surface area contributed by atoms with Gasteiger partial charge in [0.2, 0.25) is 0 Å². The third-order valence-electron chi connectivity index (χ3n) is 8.16. The highest BCUT2D eigenvalue weighted by atomic mass is 16.5. The van der Waals surface area contributed by atoms with E-state index in [1.165, 1.54) is 19.6 Å². The summed E-state index contributed by atoms with van der Waals surface area (Å²) >= 11 is 0. The highest BCUT2D eigenvalue weighted by molar-refractivity contribution is 6.12. The number of anilines is 4. The monoisotopic (exact) mass is 604 g/mol. The molecule has 228 valence electrons. The Labute approximate surface area is 260 Å². The second-order valence-corrected chi connectivity index (χ2v) is 11.0. The smallest absolute Gasteiger partial charge is 0.330 e. The first-order valence-electron chi connectivity index (χ1n) is 14.6. The molecule has 10 heteroatoms. The Bertz CT molecular complexity index is 1810. The van der Waals surface area contributed by atoms with Crippen LogP contribution in [0, 0.1) is 6.92 Å². The largest absolute Gasteiger partial charge is 0.497 e. The molecule has 2 aliphatic heterocycles. The van der Waals surface area contributed by atoms with Gasteiger partial charge in [-0.05, 0) is 60.5 Å². The molecule has 0 aliphatic carbocycles. The van der Waals surface area contributed by atoms with Crippen LogP contribution >= 0.6 is 0 Å². The van der Waals surface area contributed by atoms with E-state index in [9.17, 15) is 24.3 Å². The zero-order valence-corrected chi connectivity index (χ0v) is 24.9. The number of carbonyl (C=O) groups excluding carboxylic acids is 3. The number of fused-ring (bicyclic) bond motifs is 2. The lowest BCUT2D eigenvalue weighted by molar-refractivity contribution is -0.143. The summed E-state index contributed by atoms with van der Waals surface area (Å²) in [6.45, 7) is 1.75. The highest BCUT2D eigenvalue weighted by Gasteiger charge is 2.42. The first-order valence-corrected chi connectivity index (χ1v) is 14.6. The fourth-order valence-electron chi connectivity index (χ4n) is 5.94. The Morgan fingerprint density at radius 2 is 1.53 bits per heavy atom. The minimum Gasteiger partial charge on any atom is -0.497 e. The number of rotatable bonds is 4. The summed E-state index contributed by atoms with van der Waals surface area (Å²) < 4.78 is 5.40. The van der Waals surface area contributed by atoms with Gasteiger partial charge in [0.25, 0.3) is 0 Å². The predicted octanol–water partition coefficient (Wildman–Crippen LogP) is 6.03. The fourth-order valence-corrected chi connectivity index (χ4v) is 5.94. The van der Waals surface area contributed by atoms with E-state index >= 15 is 0 Å². The van der Waals surface area contributed by atoms with Crippen molar-refractivity contribution in [3.8, 4) is 5.75 Å². The summed E-state index contributed by atoms with van der Waals surface area (Å²) in [6.07, 6.45) is 0.112. The fraction of sp³-hybridized carbons (Fsp3) is 0.200. The van der Waals surface area contributed by atoms with E-state index in [1.54, 1.807) is 79.9 Å². The molecule has 1 atom stereocenters. The highest BCUT2D eigenvalue weighted by Crippen LogP contribution is 2.38. The van der Waals surface area contributed by atoms with Crippen LogP contribution in [0.4, 0.5) is 32.3 Å². The van der Waals surface area contributed by atoms with Crippen LogP contribution in [-0.2, 0) is 11.2 Å². The summed E-state index contributed by atoms with van der Waals surface area (Å²) in [6, 6.07) is 26.2. The molecule has 0 aromatic heterocycles. The molecule has 1 saturated heterocycles. The van der Waals surface area contributed by atoms with Gasteiger partial charge in [0, 0.05) is 31.1 Å². The van der Waals surface area contributed by atoms with E-state index in [0.717, 1.165) is 5.56 Å². The van der Waals surface area contributed by atoms with Crippen molar-refractivity contribution in [1.29, 1.82) is 0 Å². The lowest BCUT2D eigenvalue weighted by atomic mass is 10.0. The number of para-hydroxylation sites is 2. The van der Waals surface area contributed by atoms with E-state index in [-0.39, 0.29) is 31.8 Å². The van der Waals surface area contributed by atoms with Crippen molar-refractivity contribution in [2.75, 3.05) is 36.5 Å². The number of ketones is 1. The zero-order chi connectivity index (χ0) is 31.7. The number of urea groups is 2. The normalized spacial score (nSPS) is 15.9. The maximum Gasteiger partial charge on any atom is 0.330 e. The molecule has 0 spiro atoms. The molecule has 2 heterocycles. The van der Waals surface area contributed by atoms with Crippen molar-refractivity contribution < 1.29 is 29.0 Å². The number of hydrogen-bond donors (Lipinski definition) is 1. The minimum absolute atomic E-state index is 0.0317. The molecule has 4 aromatic rings. The third-order valence-corrected chi connectivity index (χ3v) is 8.16. The zero-order valence-electron chi connectivity index (χ0n) is 24.9. The van der Waals surface area contributed by atoms with Crippen molar-refractivity contribution in [3.05, 3.63) is 114 Å². The number of ether oxygens (including phenoxy) is 1. The van der Waals surface area contributed by atoms with Crippen molar-refractivity contribution >= 4 is 46.6 Å². The van der Waals surface area contributed by atoms with E-state index < -0.39 is 24.1 Å². The summed E-state index contributed by atoms with van der Waals surface area (Å²) in [4.78, 5) is 60.2. The Hall–Kier alpha value is -5.64. The van der Waals surface area contributed by atoms with E-state index in [0.29, 0.717) is 39.6 Å². The number of carboxylic acids is 1. The summed E-state index contributed by atoms with van der Waals surface area (Å²) in [5, 5.41) is 10.4. The number of aryl methyl sites for hydroxylation is 1. The van der Waals surface area contributed by atoms with Crippen LogP contribution in [0.3, 0.4) is 0 Å². The molecule has 6 rings (SSSR count). The lowest BCUT2D eigenvalue weighted by Crippen LogP contribution is -2.62. The molecule has 4 amide bonds. The van der Waals surface area contributed by atoms with Crippen LogP contribution in [0.2, 0.25) is 0 Å². The van der Waals surface area contributed by atoms with Gasteiger partial charge in [0.15, 0.2) is 5.78 Å². The molecule has 1 fully saturated rings. The molecule has 0 bridgehead atoms. The van der Waals surface area contributed by atoms with Crippen LogP contribution in [0.5, 0.6) is 5.75 Å². The molecule has 0 radical (unpaired) electrons. The average Bonchev–Trinajstić information content (AvgIpc) is 3.18. The number of aliphatic carboxylic acids is 1. The molecular formula is C35H32N4O6. The van der Waals surface area contributed by atoms with Gasteiger partial charge >= 0.3 is 18.0 Å². The van der Waals surface area contributed by atoms with Crippen molar-refractivity contribution in [2.24, 2.45) is 0 Å². The maximum atomic E-state index is 14.4. The van der Waals surface area contributed by atoms with Crippen molar-refractivity contribution in [1.82, 2.24) is 9.80 Å². The first-order chi connectivity index (χ1) is 21.8. The lowest BCUT2D eigenvalue weighted by Gasteiger charge is -2.42. The number of nitrogens with zero attached hydrogens (tertiary/aromatic N) is 4. The van der Waals surface area contributed by atoms with Gasteiger partial charge in [-0.1, -0.05) is 48.5 Å². The van der Waals surface area contributed by atoms with Crippen molar-refractivity contribution in [3.63, 3.8) is 0 Å². The quantitative estimate of drug-likeness (QED) is 0.305. The predicted molar refractivity (Wildman–Crippen MR) is 170 cm³/mol. The van der Waals surface area contributed by atoms with Gasteiger partial charge < -0.3 is 19.6 Å². The number of carbonyl (C=O) groups is 4.